The lowest BCUT2D eigenvalue weighted by molar-refractivity contribution is -0.170. The van der Waals surface area contributed by atoms with Crippen molar-refractivity contribution in [2.24, 2.45) is 0 Å². The van der Waals surface area contributed by atoms with Gasteiger partial charge in [-0.05, 0) is 41.5 Å². The summed E-state index contributed by atoms with van der Waals surface area (Å²) >= 11 is 1.22. The summed E-state index contributed by atoms with van der Waals surface area (Å²) in [7, 11) is 0. The molecular weight excluding hydrogens is 449 g/mol. The van der Waals surface area contributed by atoms with Gasteiger partial charge in [0.05, 0.1) is 11.4 Å². The van der Waals surface area contributed by atoms with Gasteiger partial charge in [0.15, 0.2) is 5.78 Å². The number of amides is 1. The third kappa shape index (κ3) is 3.84. The van der Waals surface area contributed by atoms with Crippen LogP contribution in [0.5, 0.6) is 0 Å². The molecule has 0 saturated carbocycles. The van der Waals surface area contributed by atoms with Gasteiger partial charge < -0.3 is 5.32 Å². The number of carbonyl (C=O) groups excluding carboxylic acids is 2. The highest BCUT2D eigenvalue weighted by molar-refractivity contribution is 7.10. The first kappa shape index (κ1) is 21.5. The molecule has 1 aromatic heterocycles. The molecule has 1 amide bonds. The number of alkyl halides is 3. The maximum Gasteiger partial charge on any atom is 0.471 e. The van der Waals surface area contributed by atoms with E-state index in [9.17, 15) is 22.8 Å². The summed E-state index contributed by atoms with van der Waals surface area (Å²) in [6.45, 7) is 0. The number of benzene rings is 2. The van der Waals surface area contributed by atoms with Crippen molar-refractivity contribution in [1.82, 2.24) is 0 Å². The molecule has 1 N–H and O–H groups in total. The van der Waals surface area contributed by atoms with E-state index in [-0.39, 0.29) is 29.4 Å². The predicted octanol–water partition coefficient (Wildman–Crippen LogP) is 6.21. The topological polar surface area (TPSA) is 49.4 Å². The largest absolute Gasteiger partial charge is 0.471 e. The molecule has 5 rings (SSSR count). The second kappa shape index (κ2) is 8.19. The highest BCUT2D eigenvalue weighted by Gasteiger charge is 2.50. The fourth-order valence-corrected chi connectivity index (χ4v) is 5.45. The second-order valence-corrected chi connectivity index (χ2v) is 9.04. The second-order valence-electron chi connectivity index (χ2n) is 8.06. The zero-order valence-corrected chi connectivity index (χ0v) is 18.1. The molecule has 2 aromatic carbocycles. The van der Waals surface area contributed by atoms with Crippen LogP contribution in [0.2, 0.25) is 0 Å². The monoisotopic (exact) mass is 468 g/mol. The number of carbonyl (C=O) groups is 2. The summed E-state index contributed by atoms with van der Waals surface area (Å²) in [5, 5.41) is 4.95. The van der Waals surface area contributed by atoms with E-state index in [2.05, 4.69) is 5.32 Å². The number of anilines is 2. The van der Waals surface area contributed by atoms with Gasteiger partial charge >= 0.3 is 12.1 Å². The van der Waals surface area contributed by atoms with Crippen molar-refractivity contribution in [2.45, 2.75) is 31.0 Å². The fourth-order valence-electron chi connectivity index (χ4n) is 4.63. The maximum atomic E-state index is 13.8. The first-order chi connectivity index (χ1) is 15.8. The molecule has 1 aliphatic heterocycles. The van der Waals surface area contributed by atoms with Gasteiger partial charge in [-0.15, -0.1) is 11.3 Å². The fraction of sp³-hybridized carbons (Fsp3) is 0.200. The Labute approximate surface area is 192 Å². The number of nitrogens with zero attached hydrogens (tertiary/aromatic N) is 1. The van der Waals surface area contributed by atoms with E-state index in [1.165, 1.54) is 17.4 Å². The number of hydrogen-bond donors (Lipinski definition) is 1. The van der Waals surface area contributed by atoms with Crippen LogP contribution in [0.4, 0.5) is 24.5 Å². The van der Waals surface area contributed by atoms with Crippen molar-refractivity contribution >= 4 is 34.4 Å². The minimum Gasteiger partial charge on any atom is -0.357 e. The Morgan fingerprint density at radius 2 is 1.70 bits per heavy atom. The van der Waals surface area contributed by atoms with Crippen molar-refractivity contribution in [3.8, 4) is 0 Å². The molecule has 168 valence electrons. The van der Waals surface area contributed by atoms with Crippen molar-refractivity contribution in [2.75, 3.05) is 10.2 Å². The van der Waals surface area contributed by atoms with Gasteiger partial charge in [-0.2, -0.15) is 13.2 Å². The standard InChI is InChI=1S/C25H19F3N2O2S/c26-25(27,28)24(32)30-19-10-5-4-9-17(19)29-18-13-16(15-7-2-1-3-8-15)14-20(31)22(18)23(30)21-11-6-12-33-21/h1-12,16,23,29H,13-14H2. The van der Waals surface area contributed by atoms with Crippen LogP contribution in [0.25, 0.3) is 0 Å². The number of hydrogen-bond acceptors (Lipinski definition) is 4. The maximum absolute atomic E-state index is 13.8. The molecule has 2 aliphatic rings. The third-order valence-corrected chi connectivity index (χ3v) is 6.96. The van der Waals surface area contributed by atoms with Gasteiger partial charge in [-0.25, -0.2) is 0 Å². The Balaban J connectivity index is 1.72. The summed E-state index contributed by atoms with van der Waals surface area (Å²) in [5.41, 5.74) is 2.23. The Bertz CT molecular complexity index is 1240. The summed E-state index contributed by atoms with van der Waals surface area (Å²) < 4.78 is 41.3. The Kier molecular flexibility index (Phi) is 5.32. The van der Waals surface area contributed by atoms with Crippen LogP contribution >= 0.6 is 11.3 Å². The van der Waals surface area contributed by atoms with Crippen molar-refractivity contribution in [1.29, 1.82) is 0 Å². The third-order valence-electron chi connectivity index (χ3n) is 6.03. The summed E-state index contributed by atoms with van der Waals surface area (Å²) in [5.74, 6) is -2.36. The number of allylic oxidation sites excluding steroid dienone is 1. The minimum atomic E-state index is -5.10. The highest BCUT2D eigenvalue weighted by Crippen LogP contribution is 2.49. The number of halogens is 3. The van der Waals surface area contributed by atoms with E-state index in [4.69, 9.17) is 0 Å². The number of nitrogens with one attached hydrogen (secondary N) is 1. The number of fused-ring (bicyclic) bond motifs is 1. The van der Waals surface area contributed by atoms with E-state index in [0.29, 0.717) is 22.7 Å². The lowest BCUT2D eigenvalue weighted by atomic mass is 9.79. The molecule has 0 bridgehead atoms. The van der Waals surface area contributed by atoms with E-state index in [0.717, 1.165) is 10.5 Å². The van der Waals surface area contributed by atoms with E-state index in [1.54, 1.807) is 35.7 Å². The molecule has 0 radical (unpaired) electrons. The summed E-state index contributed by atoms with van der Waals surface area (Å²) in [4.78, 5) is 27.5. The molecule has 1 aliphatic carbocycles. The van der Waals surface area contributed by atoms with Gasteiger partial charge in [0.2, 0.25) is 0 Å². The first-order valence-corrected chi connectivity index (χ1v) is 11.3. The molecule has 3 aromatic rings. The van der Waals surface area contributed by atoms with Crippen LogP contribution in [0.1, 0.15) is 35.2 Å². The average Bonchev–Trinajstić information content (AvgIpc) is 3.28. The van der Waals surface area contributed by atoms with E-state index < -0.39 is 18.1 Å². The van der Waals surface area contributed by atoms with Crippen LogP contribution in [0.3, 0.4) is 0 Å². The summed E-state index contributed by atoms with van der Waals surface area (Å²) in [6.07, 6.45) is -4.48. The number of thiophene rings is 1. The van der Waals surface area contributed by atoms with Gasteiger partial charge in [0.1, 0.15) is 6.04 Å². The number of ketones is 1. The van der Waals surface area contributed by atoms with Crippen molar-refractivity contribution in [3.63, 3.8) is 0 Å². The molecular formula is C25H19F3N2O2S. The van der Waals surface area contributed by atoms with Crippen molar-refractivity contribution in [3.05, 3.63) is 93.8 Å². The lowest BCUT2D eigenvalue weighted by Gasteiger charge is -2.34. The SMILES string of the molecule is O=C1CC(c2ccccc2)CC2=C1C(c1cccs1)N(C(=O)C(F)(F)F)c1ccccc1N2. The first-order valence-electron chi connectivity index (χ1n) is 10.5. The van der Waals surface area contributed by atoms with Gasteiger partial charge in [0.25, 0.3) is 0 Å². The molecule has 2 unspecified atom stereocenters. The zero-order chi connectivity index (χ0) is 23.2. The average molecular weight is 469 g/mol. The Morgan fingerprint density at radius 1 is 0.970 bits per heavy atom. The molecule has 4 nitrogen and oxygen atoms in total. The molecule has 0 fully saturated rings. The van der Waals surface area contributed by atoms with Gasteiger partial charge in [0, 0.05) is 22.6 Å². The van der Waals surface area contributed by atoms with Crippen LogP contribution in [0.15, 0.2) is 83.4 Å². The van der Waals surface area contributed by atoms with E-state index in [1.807, 2.05) is 30.3 Å². The number of Topliss-reactive ketones (excluding diaryl/α,β-unsaturated/α-hetero) is 1. The normalized spacial score (nSPS) is 20.6. The van der Waals surface area contributed by atoms with E-state index >= 15 is 0 Å². The van der Waals surface area contributed by atoms with Crippen LogP contribution in [0, 0.1) is 0 Å². The minimum absolute atomic E-state index is 0.0942. The molecule has 33 heavy (non-hydrogen) atoms. The molecule has 2 heterocycles. The number of rotatable bonds is 2. The predicted molar refractivity (Wildman–Crippen MR) is 121 cm³/mol. The van der Waals surface area contributed by atoms with Crippen LogP contribution in [-0.4, -0.2) is 17.9 Å². The molecule has 2 atom stereocenters. The van der Waals surface area contributed by atoms with Gasteiger partial charge in [-0.1, -0.05) is 48.5 Å². The number of para-hydroxylation sites is 2. The molecule has 0 saturated heterocycles. The van der Waals surface area contributed by atoms with Crippen LogP contribution < -0.4 is 10.2 Å². The smallest absolute Gasteiger partial charge is 0.357 e. The molecule has 8 heteroatoms. The molecule has 0 spiro atoms. The summed E-state index contributed by atoms with van der Waals surface area (Å²) in [6, 6.07) is 18.2. The zero-order valence-electron chi connectivity index (χ0n) is 17.3. The lowest BCUT2D eigenvalue weighted by Crippen LogP contribution is -2.45. The quantitative estimate of drug-likeness (QED) is 0.486. The van der Waals surface area contributed by atoms with Crippen molar-refractivity contribution < 1.29 is 22.8 Å². The Hall–Kier alpha value is -3.39. The van der Waals surface area contributed by atoms with Gasteiger partial charge in [-0.3, -0.25) is 14.5 Å². The Morgan fingerprint density at radius 3 is 2.39 bits per heavy atom. The van der Waals surface area contributed by atoms with Crippen LogP contribution in [-0.2, 0) is 9.59 Å². The highest BCUT2D eigenvalue weighted by atomic mass is 32.1.